The van der Waals surface area contributed by atoms with E-state index in [-0.39, 0.29) is 24.7 Å². The van der Waals surface area contributed by atoms with E-state index in [0.29, 0.717) is 32.8 Å². The molecule has 0 atom stereocenters. The fourth-order valence-corrected chi connectivity index (χ4v) is 3.29. The molecule has 0 aliphatic carbocycles. The Labute approximate surface area is 178 Å². The number of amides is 2. The number of aryl methyl sites for hydroxylation is 3. The summed E-state index contributed by atoms with van der Waals surface area (Å²) in [6, 6.07) is 10.5. The second-order valence-corrected chi connectivity index (χ2v) is 7.41. The van der Waals surface area contributed by atoms with E-state index in [1.165, 1.54) is 0 Å². The molecule has 150 valence electrons. The quantitative estimate of drug-likeness (QED) is 0.575. The van der Waals surface area contributed by atoms with Gasteiger partial charge in [-0.15, -0.1) is 0 Å². The van der Waals surface area contributed by atoms with Gasteiger partial charge in [0, 0.05) is 29.0 Å². The number of aromatic nitrogens is 1. The Hall–Kier alpha value is -2.83. The van der Waals surface area contributed by atoms with Crippen molar-refractivity contribution in [3.63, 3.8) is 0 Å². The summed E-state index contributed by atoms with van der Waals surface area (Å²) in [5.74, 6) is 0.158. The number of halogens is 2. The zero-order valence-electron chi connectivity index (χ0n) is 15.9. The molecular formula is C21H19Cl2N3O3. The number of hydrogen-bond acceptors (Lipinski definition) is 4. The number of benzene rings is 2. The summed E-state index contributed by atoms with van der Waals surface area (Å²) in [6.07, 6.45) is 1.92. The summed E-state index contributed by atoms with van der Waals surface area (Å²) in [7, 11) is 0. The third-order valence-electron chi connectivity index (χ3n) is 4.26. The number of hydrazine groups is 1. The van der Waals surface area contributed by atoms with Crippen molar-refractivity contribution in [1.82, 2.24) is 15.8 Å². The van der Waals surface area contributed by atoms with Crippen LogP contribution in [0.2, 0.25) is 10.0 Å². The maximum absolute atomic E-state index is 12.2. The predicted molar refractivity (Wildman–Crippen MR) is 112 cm³/mol. The van der Waals surface area contributed by atoms with Crippen molar-refractivity contribution in [1.29, 1.82) is 0 Å². The standard InChI is InChI=1S/C21H19Cl2N3O3/c1-12-3-5-15(13(2)9-12)21(28)26-25-19(27)7-8-20-24-11-18(29-20)16-6-4-14(22)10-17(16)23/h3-6,9-11H,7-8H2,1-2H3,(H,25,27)(H,26,28). The summed E-state index contributed by atoms with van der Waals surface area (Å²) < 4.78 is 5.66. The van der Waals surface area contributed by atoms with E-state index in [1.807, 2.05) is 26.0 Å². The van der Waals surface area contributed by atoms with E-state index in [0.717, 1.165) is 11.1 Å². The zero-order chi connectivity index (χ0) is 21.0. The first kappa shape index (κ1) is 20.9. The summed E-state index contributed by atoms with van der Waals surface area (Å²) in [6.45, 7) is 3.79. The molecular weight excluding hydrogens is 413 g/mol. The van der Waals surface area contributed by atoms with Gasteiger partial charge in [-0.25, -0.2) is 4.98 Å². The van der Waals surface area contributed by atoms with Gasteiger partial charge in [0.1, 0.15) is 0 Å². The number of rotatable bonds is 5. The van der Waals surface area contributed by atoms with Gasteiger partial charge < -0.3 is 4.42 Å². The maximum atomic E-state index is 12.2. The first-order chi connectivity index (χ1) is 13.8. The molecule has 0 saturated heterocycles. The molecule has 3 rings (SSSR count). The van der Waals surface area contributed by atoms with Crippen LogP contribution in [0.4, 0.5) is 0 Å². The Kier molecular flexibility index (Phi) is 6.56. The van der Waals surface area contributed by atoms with Crippen LogP contribution in [0.25, 0.3) is 11.3 Å². The minimum atomic E-state index is -0.369. The largest absolute Gasteiger partial charge is 0.441 e. The van der Waals surface area contributed by atoms with Gasteiger partial charge in [-0.3, -0.25) is 20.4 Å². The molecule has 3 aromatic rings. The first-order valence-electron chi connectivity index (χ1n) is 8.90. The molecule has 1 heterocycles. The highest BCUT2D eigenvalue weighted by Crippen LogP contribution is 2.30. The minimum Gasteiger partial charge on any atom is -0.441 e. The highest BCUT2D eigenvalue weighted by atomic mass is 35.5. The molecule has 0 bridgehead atoms. The Morgan fingerprint density at radius 1 is 1.07 bits per heavy atom. The lowest BCUT2D eigenvalue weighted by Crippen LogP contribution is -2.42. The Morgan fingerprint density at radius 3 is 2.59 bits per heavy atom. The highest BCUT2D eigenvalue weighted by molar-refractivity contribution is 6.36. The smallest absolute Gasteiger partial charge is 0.269 e. The SMILES string of the molecule is Cc1ccc(C(=O)NNC(=O)CCc2ncc(-c3ccc(Cl)cc3Cl)o2)c(C)c1. The second kappa shape index (κ2) is 9.11. The minimum absolute atomic E-state index is 0.0987. The molecule has 0 fully saturated rings. The number of oxazole rings is 1. The lowest BCUT2D eigenvalue weighted by atomic mass is 10.1. The van der Waals surface area contributed by atoms with Gasteiger partial charge in [0.25, 0.3) is 5.91 Å². The number of carbonyl (C=O) groups is 2. The van der Waals surface area contributed by atoms with Crippen LogP contribution in [-0.2, 0) is 11.2 Å². The fraction of sp³-hybridized carbons (Fsp3) is 0.190. The van der Waals surface area contributed by atoms with Crippen LogP contribution < -0.4 is 10.9 Å². The van der Waals surface area contributed by atoms with E-state index in [2.05, 4.69) is 15.8 Å². The Morgan fingerprint density at radius 2 is 1.86 bits per heavy atom. The molecule has 0 aliphatic rings. The van der Waals surface area contributed by atoms with Crippen molar-refractivity contribution in [2.45, 2.75) is 26.7 Å². The summed E-state index contributed by atoms with van der Waals surface area (Å²) in [5.41, 5.74) is 7.90. The van der Waals surface area contributed by atoms with Crippen molar-refractivity contribution in [3.8, 4) is 11.3 Å². The van der Waals surface area contributed by atoms with Crippen LogP contribution in [-0.4, -0.2) is 16.8 Å². The van der Waals surface area contributed by atoms with Gasteiger partial charge in [0.15, 0.2) is 11.7 Å². The molecule has 0 aliphatic heterocycles. The normalized spacial score (nSPS) is 10.6. The number of hydrogen-bond donors (Lipinski definition) is 2. The van der Waals surface area contributed by atoms with Crippen LogP contribution in [0.3, 0.4) is 0 Å². The van der Waals surface area contributed by atoms with Crippen LogP contribution in [0.1, 0.15) is 33.8 Å². The third-order valence-corrected chi connectivity index (χ3v) is 4.81. The van der Waals surface area contributed by atoms with Gasteiger partial charge in [-0.2, -0.15) is 0 Å². The van der Waals surface area contributed by atoms with E-state index in [9.17, 15) is 9.59 Å². The predicted octanol–water partition coefficient (Wildman–Crippen LogP) is 4.66. The molecule has 1 aromatic heterocycles. The van der Waals surface area contributed by atoms with Crippen molar-refractivity contribution < 1.29 is 14.0 Å². The van der Waals surface area contributed by atoms with Crippen LogP contribution >= 0.6 is 23.2 Å². The molecule has 0 spiro atoms. The fourth-order valence-electron chi connectivity index (χ4n) is 2.78. The second-order valence-electron chi connectivity index (χ2n) is 6.56. The lowest BCUT2D eigenvalue weighted by Gasteiger charge is -2.09. The molecule has 29 heavy (non-hydrogen) atoms. The van der Waals surface area contributed by atoms with E-state index in [4.69, 9.17) is 27.6 Å². The average molecular weight is 432 g/mol. The molecule has 2 amide bonds. The van der Waals surface area contributed by atoms with Gasteiger partial charge in [0.2, 0.25) is 5.91 Å². The summed E-state index contributed by atoms with van der Waals surface area (Å²) in [4.78, 5) is 28.4. The molecule has 2 aromatic carbocycles. The van der Waals surface area contributed by atoms with Gasteiger partial charge in [-0.1, -0.05) is 40.9 Å². The number of nitrogens with one attached hydrogen (secondary N) is 2. The van der Waals surface area contributed by atoms with E-state index in [1.54, 1.807) is 30.5 Å². The molecule has 6 nitrogen and oxygen atoms in total. The Bertz CT molecular complexity index is 1060. The molecule has 0 saturated carbocycles. The molecule has 0 radical (unpaired) electrons. The topological polar surface area (TPSA) is 84.2 Å². The summed E-state index contributed by atoms with van der Waals surface area (Å²) in [5, 5.41) is 0.977. The Balaban J connectivity index is 1.52. The lowest BCUT2D eigenvalue weighted by molar-refractivity contribution is -0.121. The maximum Gasteiger partial charge on any atom is 0.269 e. The van der Waals surface area contributed by atoms with E-state index >= 15 is 0 Å². The van der Waals surface area contributed by atoms with Crippen LogP contribution in [0.5, 0.6) is 0 Å². The van der Waals surface area contributed by atoms with Crippen molar-refractivity contribution in [3.05, 3.63) is 75.2 Å². The van der Waals surface area contributed by atoms with Gasteiger partial charge in [0.05, 0.1) is 11.2 Å². The molecule has 2 N–H and O–H groups in total. The average Bonchev–Trinajstić information content (AvgIpc) is 3.13. The van der Waals surface area contributed by atoms with Crippen LogP contribution in [0.15, 0.2) is 47.0 Å². The number of carbonyl (C=O) groups excluding carboxylic acids is 2. The molecule has 8 heteroatoms. The molecule has 0 unspecified atom stereocenters. The third kappa shape index (κ3) is 5.37. The van der Waals surface area contributed by atoms with Crippen molar-refractivity contribution in [2.24, 2.45) is 0 Å². The zero-order valence-corrected chi connectivity index (χ0v) is 17.4. The van der Waals surface area contributed by atoms with Crippen molar-refractivity contribution in [2.75, 3.05) is 0 Å². The van der Waals surface area contributed by atoms with Crippen LogP contribution in [0, 0.1) is 13.8 Å². The van der Waals surface area contributed by atoms with E-state index < -0.39 is 0 Å². The number of nitrogens with zero attached hydrogens (tertiary/aromatic N) is 1. The monoisotopic (exact) mass is 431 g/mol. The van der Waals surface area contributed by atoms with Gasteiger partial charge >= 0.3 is 0 Å². The van der Waals surface area contributed by atoms with Gasteiger partial charge in [-0.05, 0) is 43.7 Å². The first-order valence-corrected chi connectivity index (χ1v) is 9.65. The van der Waals surface area contributed by atoms with Crippen molar-refractivity contribution >= 4 is 35.0 Å². The highest BCUT2D eigenvalue weighted by Gasteiger charge is 2.13. The summed E-state index contributed by atoms with van der Waals surface area (Å²) >= 11 is 12.1.